The smallest absolute Gasteiger partial charge is 0.276 e. The normalized spacial score (nSPS) is 14.0. The number of rotatable bonds is 3. The zero-order valence-corrected chi connectivity index (χ0v) is 12.4. The van der Waals surface area contributed by atoms with Crippen LogP contribution in [0.3, 0.4) is 0 Å². The van der Waals surface area contributed by atoms with Gasteiger partial charge in [-0.05, 0) is 49.6 Å². The number of fused-ring (bicyclic) bond motifs is 1. The summed E-state index contributed by atoms with van der Waals surface area (Å²) in [6.45, 7) is 2.70. The van der Waals surface area contributed by atoms with Crippen LogP contribution in [0.2, 0.25) is 0 Å². The van der Waals surface area contributed by atoms with E-state index in [4.69, 9.17) is 0 Å². The Morgan fingerprint density at radius 1 is 1.36 bits per heavy atom. The molecule has 22 heavy (non-hydrogen) atoms. The van der Waals surface area contributed by atoms with Gasteiger partial charge in [-0.3, -0.25) is 14.3 Å². The lowest BCUT2D eigenvalue weighted by molar-refractivity contribution is -0.116. The molecule has 0 atom stereocenters. The Hall–Kier alpha value is -2.63. The minimum Gasteiger partial charge on any atom is -0.326 e. The Kier molecular flexibility index (Phi) is 3.91. The molecule has 0 spiro atoms. The second-order valence-electron chi connectivity index (χ2n) is 5.28. The van der Waals surface area contributed by atoms with Gasteiger partial charge in [-0.15, -0.1) is 0 Å². The summed E-state index contributed by atoms with van der Waals surface area (Å²) >= 11 is 0. The monoisotopic (exact) mass is 298 g/mol. The fourth-order valence-corrected chi connectivity index (χ4v) is 2.51. The van der Waals surface area contributed by atoms with Crippen molar-refractivity contribution >= 4 is 23.2 Å². The molecule has 0 fully saturated rings. The van der Waals surface area contributed by atoms with E-state index in [9.17, 15) is 9.59 Å². The van der Waals surface area contributed by atoms with Crippen LogP contribution in [0.5, 0.6) is 0 Å². The molecule has 3 rings (SSSR count). The van der Waals surface area contributed by atoms with Crippen molar-refractivity contribution in [3.05, 3.63) is 41.7 Å². The van der Waals surface area contributed by atoms with Crippen LogP contribution in [0.25, 0.3) is 0 Å². The Balaban J connectivity index is 1.77. The van der Waals surface area contributed by atoms with Gasteiger partial charge in [0, 0.05) is 30.5 Å². The first-order chi connectivity index (χ1) is 10.7. The van der Waals surface area contributed by atoms with Gasteiger partial charge in [0.25, 0.3) is 5.91 Å². The fraction of sp³-hybridized carbons (Fsp3) is 0.312. The largest absolute Gasteiger partial charge is 0.326 e. The van der Waals surface area contributed by atoms with E-state index in [0.29, 0.717) is 17.8 Å². The van der Waals surface area contributed by atoms with Gasteiger partial charge in [0.1, 0.15) is 0 Å². The van der Waals surface area contributed by atoms with Crippen LogP contribution in [0.1, 0.15) is 35.8 Å². The summed E-state index contributed by atoms with van der Waals surface area (Å²) in [7, 11) is 0. The van der Waals surface area contributed by atoms with E-state index < -0.39 is 0 Å². The number of nitrogens with zero attached hydrogens (tertiary/aromatic N) is 2. The molecular weight excluding hydrogens is 280 g/mol. The molecule has 0 saturated carbocycles. The highest BCUT2D eigenvalue weighted by molar-refractivity contribution is 6.03. The molecule has 1 aliphatic rings. The molecule has 2 N–H and O–H groups in total. The molecule has 114 valence electrons. The number of carbonyl (C=O) groups excluding carboxylic acids is 2. The molecule has 0 bridgehead atoms. The first kappa shape index (κ1) is 14.3. The van der Waals surface area contributed by atoms with Crippen LogP contribution < -0.4 is 10.6 Å². The lowest BCUT2D eigenvalue weighted by Gasteiger charge is -2.10. The van der Waals surface area contributed by atoms with Gasteiger partial charge in [0.05, 0.1) is 0 Å². The lowest BCUT2D eigenvalue weighted by Crippen LogP contribution is -2.14. The number of benzene rings is 1. The van der Waals surface area contributed by atoms with E-state index in [0.717, 1.165) is 30.6 Å². The molecule has 0 saturated heterocycles. The van der Waals surface area contributed by atoms with Crippen molar-refractivity contribution in [3.63, 3.8) is 0 Å². The van der Waals surface area contributed by atoms with Crippen molar-refractivity contribution in [1.29, 1.82) is 0 Å². The van der Waals surface area contributed by atoms with E-state index in [-0.39, 0.29) is 11.8 Å². The van der Waals surface area contributed by atoms with Gasteiger partial charge in [-0.1, -0.05) is 0 Å². The van der Waals surface area contributed by atoms with Gasteiger partial charge in [0.2, 0.25) is 5.91 Å². The van der Waals surface area contributed by atoms with Gasteiger partial charge in [-0.2, -0.15) is 5.10 Å². The van der Waals surface area contributed by atoms with Gasteiger partial charge in [-0.25, -0.2) is 0 Å². The number of aryl methyl sites for hydroxylation is 2. The number of aromatic nitrogens is 2. The Labute approximate surface area is 128 Å². The molecule has 0 unspecified atom stereocenters. The minimum absolute atomic E-state index is 0.0423. The zero-order valence-electron chi connectivity index (χ0n) is 12.4. The molecule has 1 aromatic carbocycles. The van der Waals surface area contributed by atoms with Crippen molar-refractivity contribution in [2.75, 3.05) is 10.6 Å². The Morgan fingerprint density at radius 2 is 2.23 bits per heavy atom. The zero-order chi connectivity index (χ0) is 15.5. The number of amides is 2. The third kappa shape index (κ3) is 3.00. The number of nitrogens with one attached hydrogen (secondary N) is 2. The fourth-order valence-electron chi connectivity index (χ4n) is 2.51. The third-order valence-corrected chi connectivity index (χ3v) is 3.68. The van der Waals surface area contributed by atoms with Gasteiger partial charge in [0.15, 0.2) is 5.69 Å². The third-order valence-electron chi connectivity index (χ3n) is 3.68. The van der Waals surface area contributed by atoms with Crippen LogP contribution in [-0.4, -0.2) is 21.6 Å². The molecule has 2 amide bonds. The van der Waals surface area contributed by atoms with Gasteiger partial charge < -0.3 is 10.6 Å². The highest BCUT2D eigenvalue weighted by Crippen LogP contribution is 2.25. The molecule has 2 heterocycles. The average molecular weight is 298 g/mol. The maximum absolute atomic E-state index is 12.2. The van der Waals surface area contributed by atoms with E-state index in [2.05, 4.69) is 15.7 Å². The maximum Gasteiger partial charge on any atom is 0.276 e. The second kappa shape index (κ2) is 6.01. The SMILES string of the molecule is CCn1ccc(C(=O)Nc2ccc3c(c2)CCCC(=O)N3)n1. The van der Waals surface area contributed by atoms with Crippen molar-refractivity contribution in [3.8, 4) is 0 Å². The van der Waals surface area contributed by atoms with Crippen molar-refractivity contribution in [2.45, 2.75) is 32.7 Å². The Bertz CT molecular complexity index is 721. The summed E-state index contributed by atoms with van der Waals surface area (Å²) in [5, 5.41) is 9.91. The van der Waals surface area contributed by atoms with Crippen LogP contribution in [-0.2, 0) is 17.8 Å². The number of anilines is 2. The van der Waals surface area contributed by atoms with Crippen molar-refractivity contribution < 1.29 is 9.59 Å². The minimum atomic E-state index is -0.232. The number of hydrogen-bond acceptors (Lipinski definition) is 3. The molecule has 0 radical (unpaired) electrons. The molecular formula is C16H18N4O2. The first-order valence-corrected chi connectivity index (χ1v) is 7.43. The summed E-state index contributed by atoms with van der Waals surface area (Å²) < 4.78 is 1.71. The first-order valence-electron chi connectivity index (χ1n) is 7.43. The summed E-state index contributed by atoms with van der Waals surface area (Å²) in [4.78, 5) is 23.7. The standard InChI is InChI=1S/C16H18N4O2/c1-2-20-9-8-14(19-20)16(22)17-12-6-7-13-11(10-12)4-3-5-15(21)18-13/h6-10H,2-5H2,1H3,(H,17,22)(H,18,21). The summed E-state index contributed by atoms with van der Waals surface area (Å²) in [5.74, 6) is -0.189. The lowest BCUT2D eigenvalue weighted by atomic mass is 10.1. The van der Waals surface area contributed by atoms with Crippen LogP contribution >= 0.6 is 0 Å². The van der Waals surface area contributed by atoms with Crippen LogP contribution in [0.15, 0.2) is 30.5 Å². The van der Waals surface area contributed by atoms with Crippen molar-refractivity contribution in [2.24, 2.45) is 0 Å². The molecule has 1 aliphatic heterocycles. The van der Waals surface area contributed by atoms with E-state index in [1.807, 2.05) is 19.1 Å². The summed E-state index contributed by atoms with van der Waals surface area (Å²) in [6.07, 6.45) is 3.95. The predicted molar refractivity (Wildman–Crippen MR) is 83.9 cm³/mol. The highest BCUT2D eigenvalue weighted by atomic mass is 16.2. The van der Waals surface area contributed by atoms with Gasteiger partial charge >= 0.3 is 0 Å². The second-order valence-corrected chi connectivity index (χ2v) is 5.28. The Morgan fingerprint density at radius 3 is 3.00 bits per heavy atom. The topological polar surface area (TPSA) is 76.0 Å². The highest BCUT2D eigenvalue weighted by Gasteiger charge is 2.14. The van der Waals surface area contributed by atoms with E-state index in [1.54, 1.807) is 23.0 Å². The molecule has 6 heteroatoms. The molecule has 6 nitrogen and oxygen atoms in total. The van der Waals surface area contributed by atoms with Crippen molar-refractivity contribution in [1.82, 2.24) is 9.78 Å². The van der Waals surface area contributed by atoms with Crippen LogP contribution in [0, 0.1) is 0 Å². The molecule has 1 aromatic heterocycles. The van der Waals surface area contributed by atoms with Crippen LogP contribution in [0.4, 0.5) is 11.4 Å². The quantitative estimate of drug-likeness (QED) is 0.913. The van der Waals surface area contributed by atoms with E-state index >= 15 is 0 Å². The summed E-state index contributed by atoms with van der Waals surface area (Å²) in [6, 6.07) is 7.23. The average Bonchev–Trinajstić information content (AvgIpc) is 2.91. The maximum atomic E-state index is 12.2. The summed E-state index contributed by atoms with van der Waals surface area (Å²) in [5.41, 5.74) is 2.98. The number of hydrogen-bond donors (Lipinski definition) is 2. The molecule has 2 aromatic rings. The number of carbonyl (C=O) groups is 2. The van der Waals surface area contributed by atoms with E-state index in [1.165, 1.54) is 0 Å². The predicted octanol–water partition coefficient (Wildman–Crippen LogP) is 2.43. The molecule has 0 aliphatic carbocycles.